The molecule has 0 bridgehead atoms. The van der Waals surface area contributed by atoms with E-state index in [1.165, 1.54) is 4.31 Å². The lowest BCUT2D eigenvalue weighted by Gasteiger charge is -2.22. The summed E-state index contributed by atoms with van der Waals surface area (Å²) in [7, 11) is -1.65. The molecule has 0 radical (unpaired) electrons. The largest absolute Gasteiger partial charge is 0.313 e. The predicted octanol–water partition coefficient (Wildman–Crippen LogP) is 2.24. The van der Waals surface area contributed by atoms with Crippen LogP contribution in [0.4, 0.5) is 0 Å². The molecule has 1 saturated carbocycles. The van der Waals surface area contributed by atoms with Gasteiger partial charge in [-0.1, -0.05) is 23.7 Å². The topological polar surface area (TPSA) is 49.4 Å². The van der Waals surface area contributed by atoms with Crippen molar-refractivity contribution in [2.75, 3.05) is 13.6 Å². The Bertz CT molecular complexity index is 541. The molecule has 2 rings (SSSR count). The van der Waals surface area contributed by atoms with E-state index >= 15 is 0 Å². The van der Waals surface area contributed by atoms with Gasteiger partial charge in [0, 0.05) is 31.2 Å². The summed E-state index contributed by atoms with van der Waals surface area (Å²) in [6.07, 6.45) is 2.32. The van der Waals surface area contributed by atoms with Crippen LogP contribution in [0.15, 0.2) is 24.3 Å². The van der Waals surface area contributed by atoms with Gasteiger partial charge in [-0.05, 0) is 37.5 Å². The molecule has 1 aliphatic carbocycles. The van der Waals surface area contributed by atoms with Crippen molar-refractivity contribution in [2.24, 2.45) is 0 Å². The fourth-order valence-corrected chi connectivity index (χ4v) is 3.35. The maximum absolute atomic E-state index is 12.4. The summed E-state index contributed by atoms with van der Waals surface area (Å²) >= 11 is 5.83. The van der Waals surface area contributed by atoms with Crippen molar-refractivity contribution in [1.29, 1.82) is 0 Å². The number of halogens is 1. The molecule has 0 saturated heterocycles. The molecule has 0 amide bonds. The van der Waals surface area contributed by atoms with Crippen LogP contribution >= 0.6 is 11.6 Å². The van der Waals surface area contributed by atoms with Crippen LogP contribution < -0.4 is 5.32 Å². The Kier molecular flexibility index (Phi) is 5.07. The van der Waals surface area contributed by atoms with Gasteiger partial charge < -0.3 is 5.32 Å². The highest BCUT2D eigenvalue weighted by Crippen LogP contribution is 2.19. The summed E-state index contributed by atoms with van der Waals surface area (Å²) in [6, 6.07) is 7.77. The average Bonchev–Trinajstić information content (AvgIpc) is 3.22. The van der Waals surface area contributed by atoms with Crippen LogP contribution in [-0.4, -0.2) is 37.6 Å². The smallest absolute Gasteiger partial charge is 0.218 e. The molecule has 20 heavy (non-hydrogen) atoms. The first-order valence-electron chi connectivity index (χ1n) is 6.82. The zero-order valence-electron chi connectivity index (χ0n) is 11.8. The Morgan fingerprint density at radius 1 is 1.35 bits per heavy atom. The van der Waals surface area contributed by atoms with Crippen LogP contribution in [0, 0.1) is 0 Å². The fraction of sp³-hybridized carbons (Fsp3) is 0.571. The Morgan fingerprint density at radius 3 is 2.50 bits per heavy atom. The first kappa shape index (κ1) is 15.8. The molecule has 1 atom stereocenters. The molecule has 1 N–H and O–H groups in total. The van der Waals surface area contributed by atoms with Crippen molar-refractivity contribution in [3.05, 3.63) is 34.9 Å². The van der Waals surface area contributed by atoms with E-state index in [-0.39, 0.29) is 0 Å². The lowest BCUT2D eigenvalue weighted by molar-refractivity contribution is 0.453. The molecule has 0 spiro atoms. The van der Waals surface area contributed by atoms with Crippen molar-refractivity contribution in [3.63, 3.8) is 0 Å². The summed E-state index contributed by atoms with van der Waals surface area (Å²) in [5.41, 5.74) is 0.933. The van der Waals surface area contributed by atoms with Crippen molar-refractivity contribution < 1.29 is 8.42 Å². The third kappa shape index (κ3) is 4.19. The van der Waals surface area contributed by atoms with E-state index in [9.17, 15) is 8.42 Å². The monoisotopic (exact) mass is 316 g/mol. The summed E-state index contributed by atoms with van der Waals surface area (Å²) in [5, 5.41) is 3.50. The van der Waals surface area contributed by atoms with E-state index in [4.69, 9.17) is 11.6 Å². The average molecular weight is 317 g/mol. The minimum atomic E-state index is -3.28. The third-order valence-electron chi connectivity index (χ3n) is 3.53. The SMILES string of the molecule is CC(CNC1CC1)S(=O)(=O)N(C)Cc1ccc(Cl)cc1. The quantitative estimate of drug-likeness (QED) is 0.839. The predicted molar refractivity (Wildman–Crippen MR) is 82.3 cm³/mol. The van der Waals surface area contributed by atoms with Crippen molar-refractivity contribution >= 4 is 21.6 Å². The van der Waals surface area contributed by atoms with Gasteiger partial charge in [0.2, 0.25) is 10.0 Å². The second-order valence-electron chi connectivity index (χ2n) is 5.42. The standard InChI is InChI=1S/C14H21ClN2O2S/c1-11(9-16-14-7-8-14)20(18,19)17(2)10-12-3-5-13(15)6-4-12/h3-6,11,14,16H,7-10H2,1-2H3. The van der Waals surface area contributed by atoms with E-state index < -0.39 is 15.3 Å². The molecular formula is C14H21ClN2O2S. The van der Waals surface area contributed by atoms with Gasteiger partial charge in [-0.2, -0.15) is 0 Å². The molecule has 112 valence electrons. The number of rotatable bonds is 7. The molecule has 0 aromatic heterocycles. The molecule has 0 aliphatic heterocycles. The maximum atomic E-state index is 12.4. The van der Waals surface area contributed by atoms with Gasteiger partial charge in [0.25, 0.3) is 0 Å². The third-order valence-corrected chi connectivity index (χ3v) is 5.97. The first-order chi connectivity index (χ1) is 9.39. The number of sulfonamides is 1. The van der Waals surface area contributed by atoms with Crippen LogP contribution in [0.5, 0.6) is 0 Å². The highest BCUT2D eigenvalue weighted by atomic mass is 35.5. The Morgan fingerprint density at radius 2 is 1.95 bits per heavy atom. The van der Waals surface area contributed by atoms with Crippen molar-refractivity contribution in [2.45, 2.75) is 37.6 Å². The molecule has 1 unspecified atom stereocenters. The molecule has 1 aromatic carbocycles. The molecule has 1 aliphatic rings. The molecular weight excluding hydrogens is 296 g/mol. The lowest BCUT2D eigenvalue weighted by Crippen LogP contribution is -2.40. The maximum Gasteiger partial charge on any atom is 0.218 e. The van der Waals surface area contributed by atoms with Gasteiger partial charge in [0.05, 0.1) is 5.25 Å². The highest BCUT2D eigenvalue weighted by Gasteiger charge is 2.28. The van der Waals surface area contributed by atoms with E-state index in [0.29, 0.717) is 24.2 Å². The Hall–Kier alpha value is -0.620. The highest BCUT2D eigenvalue weighted by molar-refractivity contribution is 7.89. The molecule has 1 fully saturated rings. The van der Waals surface area contributed by atoms with E-state index in [1.54, 1.807) is 26.1 Å². The van der Waals surface area contributed by atoms with Gasteiger partial charge in [-0.25, -0.2) is 12.7 Å². The normalized spacial score (nSPS) is 17.4. The van der Waals surface area contributed by atoms with Gasteiger partial charge in [0.15, 0.2) is 0 Å². The van der Waals surface area contributed by atoms with Gasteiger partial charge in [-0.3, -0.25) is 0 Å². The van der Waals surface area contributed by atoms with Crippen molar-refractivity contribution in [3.8, 4) is 0 Å². The van der Waals surface area contributed by atoms with Gasteiger partial charge in [0.1, 0.15) is 0 Å². The Balaban J connectivity index is 1.94. The van der Waals surface area contributed by atoms with Crippen LogP contribution in [0.2, 0.25) is 5.02 Å². The second-order valence-corrected chi connectivity index (χ2v) is 8.32. The second kappa shape index (κ2) is 6.43. The molecule has 4 nitrogen and oxygen atoms in total. The van der Waals surface area contributed by atoms with E-state index in [1.807, 2.05) is 12.1 Å². The van der Waals surface area contributed by atoms with Crippen LogP contribution in [0.1, 0.15) is 25.3 Å². The lowest BCUT2D eigenvalue weighted by atomic mass is 10.2. The van der Waals surface area contributed by atoms with Gasteiger partial charge >= 0.3 is 0 Å². The molecule has 0 heterocycles. The van der Waals surface area contributed by atoms with Crippen LogP contribution in [-0.2, 0) is 16.6 Å². The summed E-state index contributed by atoms with van der Waals surface area (Å²) < 4.78 is 26.2. The van der Waals surface area contributed by atoms with Crippen LogP contribution in [0.25, 0.3) is 0 Å². The zero-order valence-corrected chi connectivity index (χ0v) is 13.4. The zero-order chi connectivity index (χ0) is 14.8. The summed E-state index contributed by atoms with van der Waals surface area (Å²) in [6.45, 7) is 2.63. The number of nitrogens with zero attached hydrogens (tertiary/aromatic N) is 1. The van der Waals surface area contributed by atoms with Crippen LogP contribution in [0.3, 0.4) is 0 Å². The summed E-state index contributed by atoms with van der Waals surface area (Å²) in [5.74, 6) is 0. The number of hydrogen-bond acceptors (Lipinski definition) is 3. The molecule has 1 aromatic rings. The van der Waals surface area contributed by atoms with E-state index in [0.717, 1.165) is 18.4 Å². The number of nitrogens with one attached hydrogen (secondary N) is 1. The summed E-state index contributed by atoms with van der Waals surface area (Å²) in [4.78, 5) is 0. The molecule has 6 heteroatoms. The van der Waals surface area contributed by atoms with Gasteiger partial charge in [-0.15, -0.1) is 0 Å². The minimum absolute atomic E-state index is 0.368. The minimum Gasteiger partial charge on any atom is -0.313 e. The first-order valence-corrected chi connectivity index (χ1v) is 8.70. The van der Waals surface area contributed by atoms with Crippen molar-refractivity contribution in [1.82, 2.24) is 9.62 Å². The van der Waals surface area contributed by atoms with E-state index in [2.05, 4.69) is 5.32 Å². The number of hydrogen-bond donors (Lipinski definition) is 1. The Labute approximate surface area is 126 Å². The number of benzene rings is 1. The fourth-order valence-electron chi connectivity index (χ4n) is 1.97.